The minimum atomic E-state index is -0.391. The number of nitro groups is 1. The van der Waals surface area contributed by atoms with E-state index in [1.807, 2.05) is 44.2 Å². The van der Waals surface area contributed by atoms with E-state index in [1.54, 1.807) is 12.1 Å². The molecule has 98 valence electrons. The highest BCUT2D eigenvalue weighted by molar-refractivity contribution is 5.67. The zero-order valence-corrected chi connectivity index (χ0v) is 10.9. The quantitative estimate of drug-likeness (QED) is 0.613. The topological polar surface area (TPSA) is 52.4 Å². The van der Waals surface area contributed by atoms with Gasteiger partial charge in [-0.1, -0.05) is 24.3 Å². The molecule has 0 atom stereocenters. The maximum Gasteiger partial charge on any atom is 0.270 e. The Hall–Kier alpha value is -2.36. The molecule has 19 heavy (non-hydrogen) atoms. The van der Waals surface area contributed by atoms with Crippen molar-refractivity contribution in [2.75, 3.05) is 0 Å². The van der Waals surface area contributed by atoms with Gasteiger partial charge in [-0.05, 0) is 37.1 Å². The van der Waals surface area contributed by atoms with Crippen LogP contribution in [0.25, 0.3) is 11.1 Å². The molecule has 0 N–H and O–H groups in total. The van der Waals surface area contributed by atoms with Gasteiger partial charge < -0.3 is 4.74 Å². The van der Waals surface area contributed by atoms with Gasteiger partial charge in [-0.2, -0.15) is 0 Å². The molecule has 4 heteroatoms. The average molecular weight is 257 g/mol. The van der Waals surface area contributed by atoms with Crippen molar-refractivity contribution in [3.8, 4) is 16.9 Å². The number of ether oxygens (including phenoxy) is 1. The third kappa shape index (κ3) is 3.31. The molecule has 4 nitrogen and oxygen atoms in total. The molecule has 0 radical (unpaired) electrons. The van der Waals surface area contributed by atoms with Crippen molar-refractivity contribution in [1.82, 2.24) is 0 Å². The Kier molecular flexibility index (Phi) is 3.80. The summed E-state index contributed by atoms with van der Waals surface area (Å²) in [4.78, 5) is 10.4. The zero-order chi connectivity index (χ0) is 13.8. The maximum atomic E-state index is 10.8. The third-order valence-corrected chi connectivity index (χ3v) is 2.60. The summed E-state index contributed by atoms with van der Waals surface area (Å²) in [5.41, 5.74) is 1.80. The van der Waals surface area contributed by atoms with E-state index in [9.17, 15) is 10.1 Å². The standard InChI is InChI=1S/C15H15NO3/c1-11(2)19-15-8-4-6-13(10-15)12-5-3-7-14(9-12)16(17)18/h3-11H,1-2H3. The van der Waals surface area contributed by atoms with E-state index >= 15 is 0 Å². The summed E-state index contributed by atoms with van der Waals surface area (Å²) in [5, 5.41) is 10.8. The first-order chi connectivity index (χ1) is 9.06. The van der Waals surface area contributed by atoms with Gasteiger partial charge in [0.15, 0.2) is 0 Å². The fourth-order valence-corrected chi connectivity index (χ4v) is 1.82. The van der Waals surface area contributed by atoms with Gasteiger partial charge in [0, 0.05) is 12.1 Å². The molecule has 0 saturated heterocycles. The molecule has 0 aliphatic heterocycles. The second-order valence-corrected chi connectivity index (χ2v) is 4.50. The summed E-state index contributed by atoms with van der Waals surface area (Å²) in [7, 11) is 0. The molecule has 0 unspecified atom stereocenters. The highest BCUT2D eigenvalue weighted by Gasteiger charge is 2.08. The molecule has 0 amide bonds. The number of nitro benzene ring substituents is 1. The van der Waals surface area contributed by atoms with E-state index in [2.05, 4.69) is 0 Å². The van der Waals surface area contributed by atoms with E-state index in [-0.39, 0.29) is 11.8 Å². The van der Waals surface area contributed by atoms with Crippen molar-refractivity contribution in [1.29, 1.82) is 0 Å². The first-order valence-corrected chi connectivity index (χ1v) is 6.08. The lowest BCUT2D eigenvalue weighted by molar-refractivity contribution is -0.384. The molecular weight excluding hydrogens is 242 g/mol. The lowest BCUT2D eigenvalue weighted by Crippen LogP contribution is -2.05. The van der Waals surface area contributed by atoms with Crippen LogP contribution in [0.4, 0.5) is 5.69 Å². The van der Waals surface area contributed by atoms with Gasteiger partial charge in [0.2, 0.25) is 0 Å². The molecule has 0 aromatic heterocycles. The SMILES string of the molecule is CC(C)Oc1cccc(-c2cccc([N+](=O)[O-])c2)c1. The van der Waals surface area contributed by atoms with E-state index in [0.717, 1.165) is 16.9 Å². The lowest BCUT2D eigenvalue weighted by Gasteiger charge is -2.10. The van der Waals surface area contributed by atoms with Gasteiger partial charge in [-0.15, -0.1) is 0 Å². The molecular formula is C15H15NO3. The summed E-state index contributed by atoms with van der Waals surface area (Å²) in [6.07, 6.45) is 0.0976. The van der Waals surface area contributed by atoms with Crippen molar-refractivity contribution < 1.29 is 9.66 Å². The molecule has 0 aliphatic carbocycles. The molecule has 0 fully saturated rings. The van der Waals surface area contributed by atoms with E-state index in [4.69, 9.17) is 4.74 Å². The number of hydrogen-bond acceptors (Lipinski definition) is 3. The second kappa shape index (κ2) is 5.52. The molecule has 0 spiro atoms. The first kappa shape index (κ1) is 13.1. The summed E-state index contributed by atoms with van der Waals surface area (Å²) in [6.45, 7) is 3.92. The van der Waals surface area contributed by atoms with Gasteiger partial charge >= 0.3 is 0 Å². The number of nitrogens with zero attached hydrogens (tertiary/aromatic N) is 1. The second-order valence-electron chi connectivity index (χ2n) is 4.50. The van der Waals surface area contributed by atoms with Crippen LogP contribution in [0.1, 0.15) is 13.8 Å². The summed E-state index contributed by atoms with van der Waals surface area (Å²) >= 11 is 0. The monoisotopic (exact) mass is 257 g/mol. The minimum absolute atomic E-state index is 0.0904. The fraction of sp³-hybridized carbons (Fsp3) is 0.200. The highest BCUT2D eigenvalue weighted by atomic mass is 16.6. The molecule has 0 saturated carbocycles. The normalized spacial score (nSPS) is 10.5. The van der Waals surface area contributed by atoms with Gasteiger partial charge in [0.05, 0.1) is 11.0 Å². The summed E-state index contributed by atoms with van der Waals surface area (Å²) in [5.74, 6) is 0.763. The Balaban J connectivity index is 2.36. The van der Waals surface area contributed by atoms with Crippen molar-refractivity contribution >= 4 is 5.69 Å². The van der Waals surface area contributed by atoms with E-state index in [0.29, 0.717) is 0 Å². The molecule has 0 bridgehead atoms. The highest BCUT2D eigenvalue weighted by Crippen LogP contribution is 2.27. The Morgan fingerprint density at radius 2 is 1.68 bits per heavy atom. The van der Waals surface area contributed by atoms with E-state index in [1.165, 1.54) is 6.07 Å². The first-order valence-electron chi connectivity index (χ1n) is 6.08. The van der Waals surface area contributed by atoms with Crippen molar-refractivity contribution in [2.45, 2.75) is 20.0 Å². The Morgan fingerprint density at radius 1 is 1.05 bits per heavy atom. The summed E-state index contributed by atoms with van der Waals surface area (Å²) in [6, 6.07) is 14.1. The Labute approximate surface area is 111 Å². The Bertz CT molecular complexity index is 593. The predicted octanol–water partition coefficient (Wildman–Crippen LogP) is 4.05. The van der Waals surface area contributed by atoms with Crippen LogP contribution in [0.2, 0.25) is 0 Å². The van der Waals surface area contributed by atoms with Gasteiger partial charge in [-0.3, -0.25) is 10.1 Å². The summed E-state index contributed by atoms with van der Waals surface area (Å²) < 4.78 is 5.62. The van der Waals surface area contributed by atoms with Crippen LogP contribution < -0.4 is 4.74 Å². The van der Waals surface area contributed by atoms with Crippen molar-refractivity contribution in [3.05, 3.63) is 58.6 Å². The number of rotatable bonds is 4. The fourth-order valence-electron chi connectivity index (χ4n) is 1.82. The van der Waals surface area contributed by atoms with Crippen LogP contribution in [0.15, 0.2) is 48.5 Å². The van der Waals surface area contributed by atoms with Crippen LogP contribution in [-0.2, 0) is 0 Å². The predicted molar refractivity (Wildman–Crippen MR) is 74.3 cm³/mol. The van der Waals surface area contributed by atoms with Crippen LogP contribution in [0.3, 0.4) is 0 Å². The van der Waals surface area contributed by atoms with Gasteiger partial charge in [0.1, 0.15) is 5.75 Å². The third-order valence-electron chi connectivity index (χ3n) is 2.60. The maximum absolute atomic E-state index is 10.8. The van der Waals surface area contributed by atoms with Crippen molar-refractivity contribution in [3.63, 3.8) is 0 Å². The lowest BCUT2D eigenvalue weighted by atomic mass is 10.0. The van der Waals surface area contributed by atoms with Crippen LogP contribution in [0, 0.1) is 10.1 Å². The zero-order valence-electron chi connectivity index (χ0n) is 10.9. The number of hydrogen-bond donors (Lipinski definition) is 0. The Morgan fingerprint density at radius 3 is 2.32 bits per heavy atom. The molecule has 2 aromatic rings. The smallest absolute Gasteiger partial charge is 0.270 e. The van der Waals surface area contributed by atoms with Crippen LogP contribution in [0.5, 0.6) is 5.75 Å². The largest absolute Gasteiger partial charge is 0.491 e. The van der Waals surface area contributed by atoms with Crippen LogP contribution >= 0.6 is 0 Å². The van der Waals surface area contributed by atoms with Crippen molar-refractivity contribution in [2.24, 2.45) is 0 Å². The molecule has 2 aromatic carbocycles. The number of non-ortho nitro benzene ring substituents is 1. The molecule has 0 aliphatic rings. The van der Waals surface area contributed by atoms with E-state index < -0.39 is 4.92 Å². The van der Waals surface area contributed by atoms with Crippen LogP contribution in [-0.4, -0.2) is 11.0 Å². The van der Waals surface area contributed by atoms with Gasteiger partial charge in [-0.25, -0.2) is 0 Å². The van der Waals surface area contributed by atoms with Gasteiger partial charge in [0.25, 0.3) is 5.69 Å². The molecule has 0 heterocycles. The minimum Gasteiger partial charge on any atom is -0.491 e. The molecule has 2 rings (SSSR count). The average Bonchev–Trinajstić information content (AvgIpc) is 2.38. The number of benzene rings is 2.